The number of nitrogens with one attached hydrogen (secondary N) is 1. The van der Waals surface area contributed by atoms with E-state index in [0.29, 0.717) is 5.92 Å². The van der Waals surface area contributed by atoms with Crippen LogP contribution in [0.4, 0.5) is 0 Å². The van der Waals surface area contributed by atoms with Crippen LogP contribution in [-0.4, -0.2) is 13.1 Å². The van der Waals surface area contributed by atoms with Gasteiger partial charge in [-0.25, -0.2) is 0 Å². The summed E-state index contributed by atoms with van der Waals surface area (Å²) in [5, 5.41) is 3.39. The Balaban J connectivity index is 2.31. The van der Waals surface area contributed by atoms with Crippen molar-refractivity contribution in [3.05, 3.63) is 34.4 Å². The van der Waals surface area contributed by atoms with Crippen LogP contribution < -0.4 is 11.1 Å². The van der Waals surface area contributed by atoms with Crippen molar-refractivity contribution in [1.82, 2.24) is 5.32 Å². The third kappa shape index (κ3) is 2.13. The van der Waals surface area contributed by atoms with E-state index in [1.165, 1.54) is 28.7 Å². The summed E-state index contributed by atoms with van der Waals surface area (Å²) in [6.07, 6.45) is 1.20. The molecule has 2 nitrogen and oxygen atoms in total. The molecule has 0 saturated carbocycles. The highest BCUT2D eigenvalue weighted by atomic mass is 14.9. The second-order valence-electron chi connectivity index (χ2n) is 5.09. The monoisotopic (exact) mass is 218 g/mol. The molecule has 2 unspecified atom stereocenters. The van der Waals surface area contributed by atoms with E-state index in [1.807, 2.05) is 0 Å². The predicted molar refractivity (Wildman–Crippen MR) is 68.6 cm³/mol. The second kappa shape index (κ2) is 4.56. The summed E-state index contributed by atoms with van der Waals surface area (Å²) in [5.74, 6) is 0.597. The molecule has 0 spiro atoms. The molecule has 1 aliphatic heterocycles. The van der Waals surface area contributed by atoms with E-state index >= 15 is 0 Å². The zero-order valence-corrected chi connectivity index (χ0v) is 10.5. The van der Waals surface area contributed by atoms with Gasteiger partial charge in [-0.05, 0) is 62.9 Å². The molecule has 2 atom stereocenters. The maximum absolute atomic E-state index is 6.41. The minimum atomic E-state index is 0.190. The standard InChI is InChI=1S/C14H22N2/c1-9-6-10(2)13(11(3)7-9)14(15)12-4-5-16-8-12/h6-7,12,14,16H,4-5,8,15H2,1-3H3. The fourth-order valence-electron chi connectivity index (χ4n) is 2.94. The van der Waals surface area contributed by atoms with Crippen LogP contribution in [0.2, 0.25) is 0 Å². The Hall–Kier alpha value is -0.860. The number of hydrogen-bond donors (Lipinski definition) is 2. The van der Waals surface area contributed by atoms with Crippen molar-refractivity contribution in [2.45, 2.75) is 33.2 Å². The summed E-state index contributed by atoms with van der Waals surface area (Å²) in [6.45, 7) is 8.68. The Labute approximate surface area is 98.2 Å². The van der Waals surface area contributed by atoms with Gasteiger partial charge in [-0.2, -0.15) is 0 Å². The molecule has 0 radical (unpaired) electrons. The lowest BCUT2D eigenvalue weighted by Gasteiger charge is -2.23. The normalized spacial score (nSPS) is 22.4. The van der Waals surface area contributed by atoms with Crippen molar-refractivity contribution in [3.8, 4) is 0 Å². The van der Waals surface area contributed by atoms with Crippen molar-refractivity contribution in [2.75, 3.05) is 13.1 Å². The smallest absolute Gasteiger partial charge is 0.0341 e. The average molecular weight is 218 g/mol. The topological polar surface area (TPSA) is 38.0 Å². The summed E-state index contributed by atoms with van der Waals surface area (Å²) in [7, 11) is 0. The Bertz CT molecular complexity index is 355. The molecule has 1 fully saturated rings. The lowest BCUT2D eigenvalue weighted by atomic mass is 9.87. The highest BCUT2D eigenvalue weighted by Crippen LogP contribution is 2.29. The molecule has 1 aromatic carbocycles. The maximum atomic E-state index is 6.41. The highest BCUT2D eigenvalue weighted by Gasteiger charge is 2.25. The first kappa shape index (κ1) is 11.6. The minimum Gasteiger partial charge on any atom is -0.324 e. The molecule has 0 amide bonds. The summed E-state index contributed by atoms with van der Waals surface area (Å²) in [4.78, 5) is 0. The van der Waals surface area contributed by atoms with Gasteiger partial charge in [-0.15, -0.1) is 0 Å². The van der Waals surface area contributed by atoms with Gasteiger partial charge in [0.2, 0.25) is 0 Å². The van der Waals surface area contributed by atoms with Crippen LogP contribution in [0.1, 0.15) is 34.7 Å². The Morgan fingerprint density at radius 1 is 1.25 bits per heavy atom. The molecule has 88 valence electrons. The first-order chi connectivity index (χ1) is 7.59. The largest absolute Gasteiger partial charge is 0.324 e. The third-order valence-electron chi connectivity index (χ3n) is 3.68. The fourth-order valence-corrected chi connectivity index (χ4v) is 2.94. The van der Waals surface area contributed by atoms with Gasteiger partial charge in [0.25, 0.3) is 0 Å². The van der Waals surface area contributed by atoms with Gasteiger partial charge in [0.1, 0.15) is 0 Å². The van der Waals surface area contributed by atoms with Crippen LogP contribution in [0.25, 0.3) is 0 Å². The fraction of sp³-hybridized carbons (Fsp3) is 0.571. The molecule has 2 rings (SSSR count). The summed E-state index contributed by atoms with van der Waals surface area (Å²) in [5.41, 5.74) is 11.8. The van der Waals surface area contributed by atoms with Crippen LogP contribution in [0.3, 0.4) is 0 Å². The number of rotatable bonds is 2. The second-order valence-corrected chi connectivity index (χ2v) is 5.09. The Morgan fingerprint density at radius 3 is 2.38 bits per heavy atom. The molecule has 0 aliphatic carbocycles. The van der Waals surface area contributed by atoms with Gasteiger partial charge in [-0.1, -0.05) is 17.7 Å². The molecular formula is C14H22N2. The lowest BCUT2D eigenvalue weighted by molar-refractivity contribution is 0.467. The SMILES string of the molecule is Cc1cc(C)c(C(N)C2CCNC2)c(C)c1. The Kier molecular flexibility index (Phi) is 3.31. The molecule has 1 heterocycles. The van der Waals surface area contributed by atoms with Crippen LogP contribution in [0, 0.1) is 26.7 Å². The van der Waals surface area contributed by atoms with Crippen molar-refractivity contribution < 1.29 is 0 Å². The zero-order chi connectivity index (χ0) is 11.7. The van der Waals surface area contributed by atoms with Crippen molar-refractivity contribution in [2.24, 2.45) is 11.7 Å². The predicted octanol–water partition coefficient (Wildman–Crippen LogP) is 2.22. The van der Waals surface area contributed by atoms with E-state index in [4.69, 9.17) is 5.73 Å². The van der Waals surface area contributed by atoms with Gasteiger partial charge in [-0.3, -0.25) is 0 Å². The summed E-state index contributed by atoms with van der Waals surface area (Å²) in [6, 6.07) is 4.67. The molecule has 1 aromatic rings. The molecule has 1 saturated heterocycles. The molecule has 3 N–H and O–H groups in total. The summed E-state index contributed by atoms with van der Waals surface area (Å²) >= 11 is 0. The number of benzene rings is 1. The Morgan fingerprint density at radius 2 is 1.88 bits per heavy atom. The maximum Gasteiger partial charge on any atom is 0.0341 e. The van der Waals surface area contributed by atoms with E-state index < -0.39 is 0 Å². The van der Waals surface area contributed by atoms with E-state index in [-0.39, 0.29) is 6.04 Å². The van der Waals surface area contributed by atoms with Crippen LogP contribution in [0.15, 0.2) is 12.1 Å². The van der Waals surface area contributed by atoms with E-state index in [9.17, 15) is 0 Å². The van der Waals surface area contributed by atoms with Crippen LogP contribution in [0.5, 0.6) is 0 Å². The first-order valence-corrected chi connectivity index (χ1v) is 6.13. The minimum absolute atomic E-state index is 0.190. The molecule has 1 aliphatic rings. The van der Waals surface area contributed by atoms with Crippen LogP contribution in [-0.2, 0) is 0 Å². The van der Waals surface area contributed by atoms with Gasteiger partial charge >= 0.3 is 0 Å². The summed E-state index contributed by atoms with van der Waals surface area (Å²) < 4.78 is 0. The lowest BCUT2D eigenvalue weighted by Crippen LogP contribution is -2.25. The molecule has 0 aromatic heterocycles. The van der Waals surface area contributed by atoms with E-state index in [0.717, 1.165) is 13.1 Å². The van der Waals surface area contributed by atoms with Gasteiger partial charge in [0, 0.05) is 6.04 Å². The van der Waals surface area contributed by atoms with E-state index in [1.54, 1.807) is 0 Å². The average Bonchev–Trinajstić information content (AvgIpc) is 2.67. The van der Waals surface area contributed by atoms with Crippen molar-refractivity contribution in [3.63, 3.8) is 0 Å². The van der Waals surface area contributed by atoms with Gasteiger partial charge in [0.15, 0.2) is 0 Å². The van der Waals surface area contributed by atoms with Gasteiger partial charge < -0.3 is 11.1 Å². The van der Waals surface area contributed by atoms with Crippen molar-refractivity contribution in [1.29, 1.82) is 0 Å². The van der Waals surface area contributed by atoms with E-state index in [2.05, 4.69) is 38.2 Å². The number of hydrogen-bond acceptors (Lipinski definition) is 2. The third-order valence-corrected chi connectivity index (χ3v) is 3.68. The van der Waals surface area contributed by atoms with Crippen molar-refractivity contribution >= 4 is 0 Å². The first-order valence-electron chi connectivity index (χ1n) is 6.13. The molecule has 0 bridgehead atoms. The number of nitrogens with two attached hydrogens (primary N) is 1. The molecule has 16 heavy (non-hydrogen) atoms. The van der Waals surface area contributed by atoms with Crippen LogP contribution >= 0.6 is 0 Å². The molecule has 2 heteroatoms. The molecular weight excluding hydrogens is 196 g/mol. The highest BCUT2D eigenvalue weighted by molar-refractivity contribution is 5.39. The van der Waals surface area contributed by atoms with Gasteiger partial charge in [0.05, 0.1) is 0 Å². The number of aryl methyl sites for hydroxylation is 3. The quantitative estimate of drug-likeness (QED) is 0.799. The zero-order valence-electron chi connectivity index (χ0n) is 10.5.